The van der Waals surface area contributed by atoms with Crippen molar-refractivity contribution in [2.75, 3.05) is 0 Å². The number of hydrogen-bond donors (Lipinski definition) is 0. The van der Waals surface area contributed by atoms with E-state index in [1.165, 1.54) is 6.07 Å². The minimum Gasteiger partial charge on any atom is -0.422 e. The molecule has 0 aromatic carbocycles. The lowest BCUT2D eigenvalue weighted by molar-refractivity contribution is -0.261. The Morgan fingerprint density at radius 1 is 1.69 bits per heavy atom. The van der Waals surface area contributed by atoms with Gasteiger partial charge in [-0.3, -0.25) is 0 Å². The van der Waals surface area contributed by atoms with E-state index in [0.29, 0.717) is 0 Å². The summed E-state index contributed by atoms with van der Waals surface area (Å²) in [4.78, 5) is 14.1. The van der Waals surface area contributed by atoms with Crippen molar-refractivity contribution in [2.24, 2.45) is 4.99 Å². The van der Waals surface area contributed by atoms with E-state index in [9.17, 15) is 18.0 Å². The van der Waals surface area contributed by atoms with Gasteiger partial charge in [0, 0.05) is 6.42 Å². The molecule has 0 saturated carbocycles. The summed E-state index contributed by atoms with van der Waals surface area (Å²) in [5, 5.41) is 6.93. The number of hydrogen-bond acceptors (Lipinski definition) is 4. The van der Waals surface area contributed by atoms with E-state index in [1.54, 1.807) is 0 Å². The van der Waals surface area contributed by atoms with Crippen LogP contribution in [0.5, 0.6) is 0 Å². The third kappa shape index (κ3) is 2.11. The SMILES string of the molecule is CC1=NC(CC(Cl)C#N)(C(F)(F)F)OC1=O. The van der Waals surface area contributed by atoms with Crippen LogP contribution in [0.4, 0.5) is 13.2 Å². The molecule has 1 aliphatic heterocycles. The van der Waals surface area contributed by atoms with Crippen LogP contribution in [-0.4, -0.2) is 29.0 Å². The van der Waals surface area contributed by atoms with Crippen LogP contribution in [0, 0.1) is 11.3 Å². The van der Waals surface area contributed by atoms with Crippen LogP contribution in [-0.2, 0) is 9.53 Å². The van der Waals surface area contributed by atoms with Crippen LogP contribution in [0.25, 0.3) is 0 Å². The molecule has 0 amide bonds. The summed E-state index contributed by atoms with van der Waals surface area (Å²) in [7, 11) is 0. The maximum Gasteiger partial charge on any atom is 0.450 e. The first-order valence-corrected chi connectivity index (χ1v) is 4.56. The molecule has 0 aromatic rings. The van der Waals surface area contributed by atoms with Gasteiger partial charge in [0.15, 0.2) is 0 Å². The molecule has 0 aromatic heterocycles. The van der Waals surface area contributed by atoms with E-state index < -0.39 is 29.7 Å². The van der Waals surface area contributed by atoms with E-state index in [2.05, 4.69) is 9.73 Å². The summed E-state index contributed by atoms with van der Waals surface area (Å²) in [6.07, 6.45) is -5.82. The van der Waals surface area contributed by atoms with Crippen molar-refractivity contribution < 1.29 is 22.7 Å². The Morgan fingerprint density at radius 3 is 2.56 bits per heavy atom. The Bertz CT molecular complexity index is 388. The molecule has 0 N–H and O–H groups in total. The zero-order chi connectivity index (χ0) is 12.6. The zero-order valence-electron chi connectivity index (χ0n) is 8.01. The molecule has 0 aliphatic carbocycles. The molecule has 2 atom stereocenters. The van der Waals surface area contributed by atoms with Crippen LogP contribution in [0.15, 0.2) is 4.99 Å². The van der Waals surface area contributed by atoms with Crippen LogP contribution in [0.1, 0.15) is 13.3 Å². The number of carbonyl (C=O) groups excluding carboxylic acids is 1. The van der Waals surface area contributed by atoms with E-state index in [0.717, 1.165) is 6.92 Å². The molecule has 4 nitrogen and oxygen atoms in total. The van der Waals surface area contributed by atoms with Crippen molar-refractivity contribution in [2.45, 2.75) is 30.6 Å². The molecular formula is C8H6ClF3N2O2. The van der Waals surface area contributed by atoms with Gasteiger partial charge in [0.2, 0.25) is 0 Å². The van der Waals surface area contributed by atoms with Crippen molar-refractivity contribution in [3.05, 3.63) is 0 Å². The van der Waals surface area contributed by atoms with Gasteiger partial charge in [-0.25, -0.2) is 9.79 Å². The van der Waals surface area contributed by atoms with Crippen LogP contribution in [0.3, 0.4) is 0 Å². The van der Waals surface area contributed by atoms with Crippen molar-refractivity contribution in [1.82, 2.24) is 0 Å². The zero-order valence-corrected chi connectivity index (χ0v) is 8.76. The number of aliphatic imine (C=N–C) groups is 1. The summed E-state index contributed by atoms with van der Waals surface area (Å²) in [6, 6.07) is 1.42. The first-order valence-electron chi connectivity index (χ1n) is 4.12. The lowest BCUT2D eigenvalue weighted by atomic mass is 10.1. The highest BCUT2D eigenvalue weighted by atomic mass is 35.5. The smallest absolute Gasteiger partial charge is 0.422 e. The molecule has 8 heteroatoms. The third-order valence-corrected chi connectivity index (χ3v) is 2.20. The van der Waals surface area contributed by atoms with Gasteiger partial charge in [-0.05, 0) is 6.92 Å². The first kappa shape index (κ1) is 12.8. The van der Waals surface area contributed by atoms with Gasteiger partial charge < -0.3 is 4.74 Å². The maximum absolute atomic E-state index is 12.7. The molecule has 0 bridgehead atoms. The topological polar surface area (TPSA) is 62.4 Å². The van der Waals surface area contributed by atoms with Crippen molar-refractivity contribution >= 4 is 23.3 Å². The summed E-state index contributed by atoms with van der Waals surface area (Å²) < 4.78 is 42.3. The lowest BCUT2D eigenvalue weighted by Crippen LogP contribution is -2.46. The average Bonchev–Trinajstić information content (AvgIpc) is 2.42. The number of alkyl halides is 4. The molecule has 2 unspecified atom stereocenters. The highest BCUT2D eigenvalue weighted by molar-refractivity contribution is 6.36. The Kier molecular flexibility index (Phi) is 3.15. The number of esters is 1. The highest BCUT2D eigenvalue weighted by Crippen LogP contribution is 2.42. The molecule has 1 rings (SSSR count). The van der Waals surface area contributed by atoms with Crippen molar-refractivity contribution in [3.8, 4) is 6.07 Å². The van der Waals surface area contributed by atoms with Gasteiger partial charge in [0.25, 0.3) is 0 Å². The Hall–Kier alpha value is -1.29. The standard InChI is InChI=1S/C8H6ClF3N2O2/c1-4-6(15)16-7(14-4,8(10,11)12)2-5(9)3-13/h5H,2H2,1H3. The number of nitriles is 1. The number of nitrogens with zero attached hydrogens (tertiary/aromatic N) is 2. The number of rotatable bonds is 2. The Morgan fingerprint density at radius 2 is 2.25 bits per heavy atom. The predicted octanol–water partition coefficient (Wildman–Crippen LogP) is 1.78. The van der Waals surface area contributed by atoms with Gasteiger partial charge in [-0.1, -0.05) is 0 Å². The highest BCUT2D eigenvalue weighted by Gasteiger charge is 2.62. The fourth-order valence-corrected chi connectivity index (χ4v) is 1.39. The number of ether oxygens (including phenoxy) is 1. The van der Waals surface area contributed by atoms with E-state index in [-0.39, 0.29) is 5.71 Å². The summed E-state index contributed by atoms with van der Waals surface area (Å²) in [5.41, 5.74) is -3.41. The minimum absolute atomic E-state index is 0.390. The van der Waals surface area contributed by atoms with Gasteiger partial charge in [-0.15, -0.1) is 11.6 Å². The molecule has 1 heterocycles. The van der Waals surface area contributed by atoms with E-state index in [1.807, 2.05) is 0 Å². The van der Waals surface area contributed by atoms with Crippen LogP contribution in [0.2, 0.25) is 0 Å². The molecule has 16 heavy (non-hydrogen) atoms. The van der Waals surface area contributed by atoms with Crippen molar-refractivity contribution in [1.29, 1.82) is 5.26 Å². The molecule has 1 aliphatic rings. The van der Waals surface area contributed by atoms with E-state index in [4.69, 9.17) is 16.9 Å². The van der Waals surface area contributed by atoms with Crippen LogP contribution >= 0.6 is 11.6 Å². The number of halogens is 4. The summed E-state index contributed by atoms with van der Waals surface area (Å²) in [5.74, 6) is -1.15. The normalized spacial score (nSPS) is 27.0. The monoisotopic (exact) mass is 254 g/mol. The fraction of sp³-hybridized carbons (Fsp3) is 0.625. The lowest BCUT2D eigenvalue weighted by Gasteiger charge is -2.27. The number of carbonyl (C=O) groups is 1. The van der Waals surface area contributed by atoms with Crippen LogP contribution < -0.4 is 0 Å². The molecule has 0 spiro atoms. The molecule has 0 saturated heterocycles. The molecule has 0 fully saturated rings. The Balaban J connectivity index is 3.08. The second-order valence-corrected chi connectivity index (χ2v) is 3.70. The quantitative estimate of drug-likeness (QED) is 0.557. The van der Waals surface area contributed by atoms with E-state index >= 15 is 0 Å². The molecule has 0 radical (unpaired) electrons. The average molecular weight is 255 g/mol. The molecule has 88 valence electrons. The third-order valence-electron chi connectivity index (χ3n) is 1.94. The number of cyclic esters (lactones) is 1. The summed E-state index contributed by atoms with van der Waals surface area (Å²) >= 11 is 5.31. The predicted molar refractivity (Wildman–Crippen MR) is 47.9 cm³/mol. The van der Waals surface area contributed by atoms with Gasteiger partial charge in [0.05, 0.1) is 6.07 Å². The minimum atomic E-state index is -4.90. The second-order valence-electron chi connectivity index (χ2n) is 3.17. The second kappa shape index (κ2) is 3.94. The Labute approximate surface area is 93.7 Å². The van der Waals surface area contributed by atoms with Gasteiger partial charge in [0.1, 0.15) is 11.1 Å². The fourth-order valence-electron chi connectivity index (χ4n) is 1.18. The molecular weight excluding hydrogens is 249 g/mol. The summed E-state index contributed by atoms with van der Waals surface area (Å²) in [6.45, 7) is 1.10. The maximum atomic E-state index is 12.7. The van der Waals surface area contributed by atoms with Crippen molar-refractivity contribution in [3.63, 3.8) is 0 Å². The first-order chi connectivity index (χ1) is 7.22. The van der Waals surface area contributed by atoms with Gasteiger partial charge >= 0.3 is 17.9 Å². The van der Waals surface area contributed by atoms with Gasteiger partial charge in [-0.2, -0.15) is 18.4 Å². The largest absolute Gasteiger partial charge is 0.450 e.